The Morgan fingerprint density at radius 2 is 2.12 bits per heavy atom. The summed E-state index contributed by atoms with van der Waals surface area (Å²) in [5.41, 5.74) is 0.944. The van der Waals surface area contributed by atoms with E-state index in [9.17, 15) is 0 Å². The van der Waals surface area contributed by atoms with Gasteiger partial charge in [-0.2, -0.15) is 0 Å². The van der Waals surface area contributed by atoms with Gasteiger partial charge in [0.05, 0.1) is 0 Å². The summed E-state index contributed by atoms with van der Waals surface area (Å²) in [6.07, 6.45) is 0. The van der Waals surface area contributed by atoms with E-state index in [2.05, 4.69) is 25.5 Å². The predicted molar refractivity (Wildman–Crippen MR) is 69.7 cm³/mol. The molecule has 7 heteroatoms. The second-order valence-electron chi connectivity index (χ2n) is 3.39. The molecule has 0 aliphatic carbocycles. The zero-order valence-corrected chi connectivity index (χ0v) is 11.5. The number of nitrogens with zero attached hydrogens (tertiary/aromatic N) is 4. The molecule has 0 aliphatic heterocycles. The van der Waals surface area contributed by atoms with Gasteiger partial charge in [0.1, 0.15) is 10.0 Å². The van der Waals surface area contributed by atoms with Crippen molar-refractivity contribution in [2.75, 3.05) is 11.9 Å². The number of aryl methyl sites for hydroxylation is 2. The van der Waals surface area contributed by atoms with Crippen LogP contribution in [0.25, 0.3) is 0 Å². The molecule has 0 aliphatic rings. The third-order valence-electron chi connectivity index (χ3n) is 1.86. The zero-order chi connectivity index (χ0) is 12.3. The van der Waals surface area contributed by atoms with E-state index in [1.807, 2.05) is 26.8 Å². The van der Waals surface area contributed by atoms with Crippen molar-refractivity contribution < 1.29 is 0 Å². The molecular formula is C10H13N5S2. The van der Waals surface area contributed by atoms with Crippen LogP contribution in [0.3, 0.4) is 0 Å². The molecule has 0 fully saturated rings. The average molecular weight is 267 g/mol. The van der Waals surface area contributed by atoms with Gasteiger partial charge in [0.15, 0.2) is 4.34 Å². The third kappa shape index (κ3) is 3.37. The van der Waals surface area contributed by atoms with E-state index in [4.69, 9.17) is 0 Å². The molecule has 2 aromatic rings. The van der Waals surface area contributed by atoms with E-state index in [1.165, 1.54) is 11.8 Å². The first-order chi connectivity index (χ1) is 8.17. The first kappa shape index (κ1) is 12.3. The van der Waals surface area contributed by atoms with Crippen LogP contribution in [-0.2, 0) is 0 Å². The highest BCUT2D eigenvalue weighted by molar-refractivity contribution is 8.01. The van der Waals surface area contributed by atoms with Gasteiger partial charge in [0, 0.05) is 12.2 Å². The van der Waals surface area contributed by atoms with Crippen molar-refractivity contribution in [3.05, 3.63) is 16.8 Å². The van der Waals surface area contributed by atoms with Crippen molar-refractivity contribution >= 4 is 29.0 Å². The van der Waals surface area contributed by atoms with Crippen molar-refractivity contribution in [3.8, 4) is 0 Å². The smallest absolute Gasteiger partial charge is 0.223 e. The molecule has 1 N–H and O–H groups in total. The van der Waals surface area contributed by atoms with Crippen molar-refractivity contribution in [2.24, 2.45) is 0 Å². The number of aromatic nitrogens is 4. The van der Waals surface area contributed by atoms with Gasteiger partial charge in [-0.1, -0.05) is 11.3 Å². The Hall–Kier alpha value is -1.21. The van der Waals surface area contributed by atoms with Crippen LogP contribution in [0.5, 0.6) is 0 Å². The van der Waals surface area contributed by atoms with E-state index in [1.54, 1.807) is 11.3 Å². The Morgan fingerprint density at radius 3 is 2.76 bits per heavy atom. The molecule has 2 aromatic heterocycles. The maximum Gasteiger partial charge on any atom is 0.223 e. The summed E-state index contributed by atoms with van der Waals surface area (Å²) < 4.78 is 0.906. The van der Waals surface area contributed by atoms with Gasteiger partial charge in [-0.15, -0.1) is 10.2 Å². The minimum Gasteiger partial charge on any atom is -0.354 e. The molecule has 90 valence electrons. The van der Waals surface area contributed by atoms with Gasteiger partial charge < -0.3 is 5.32 Å². The summed E-state index contributed by atoms with van der Waals surface area (Å²) in [6, 6.07) is 1.95. The van der Waals surface area contributed by atoms with Gasteiger partial charge in [-0.25, -0.2) is 9.97 Å². The Morgan fingerprint density at radius 1 is 1.29 bits per heavy atom. The molecular weight excluding hydrogens is 254 g/mol. The van der Waals surface area contributed by atoms with Crippen molar-refractivity contribution in [2.45, 2.75) is 30.1 Å². The number of anilines is 1. The molecule has 0 saturated heterocycles. The van der Waals surface area contributed by atoms with Gasteiger partial charge in [-0.3, -0.25) is 0 Å². The van der Waals surface area contributed by atoms with Gasteiger partial charge >= 0.3 is 0 Å². The van der Waals surface area contributed by atoms with E-state index < -0.39 is 0 Å². The fourth-order valence-corrected chi connectivity index (χ4v) is 3.06. The topological polar surface area (TPSA) is 63.6 Å². The lowest BCUT2D eigenvalue weighted by molar-refractivity contribution is 0.966. The third-order valence-corrected chi connectivity index (χ3v) is 3.67. The van der Waals surface area contributed by atoms with E-state index in [0.717, 1.165) is 26.6 Å². The summed E-state index contributed by atoms with van der Waals surface area (Å²) in [5.74, 6) is 0.663. The van der Waals surface area contributed by atoms with Gasteiger partial charge in [0.2, 0.25) is 5.95 Å². The zero-order valence-electron chi connectivity index (χ0n) is 9.89. The lowest BCUT2D eigenvalue weighted by Crippen LogP contribution is -2.03. The molecule has 0 amide bonds. The highest BCUT2D eigenvalue weighted by Gasteiger charge is 2.07. The molecule has 2 heterocycles. The fraction of sp³-hybridized carbons (Fsp3) is 0.400. The van der Waals surface area contributed by atoms with Crippen molar-refractivity contribution in [3.63, 3.8) is 0 Å². The molecule has 5 nitrogen and oxygen atoms in total. The Bertz CT molecular complexity index is 511. The van der Waals surface area contributed by atoms with Crippen LogP contribution in [0.4, 0.5) is 5.95 Å². The minimum atomic E-state index is 0.663. The molecule has 2 rings (SSSR count). The summed E-state index contributed by atoms with van der Waals surface area (Å²) in [5, 5.41) is 13.0. The van der Waals surface area contributed by atoms with Crippen LogP contribution >= 0.6 is 23.1 Å². The normalized spacial score (nSPS) is 10.5. The number of nitrogens with one attached hydrogen (secondary N) is 1. The Balaban J connectivity index is 2.20. The number of hydrogen-bond acceptors (Lipinski definition) is 7. The van der Waals surface area contributed by atoms with Crippen LogP contribution in [0.1, 0.15) is 17.6 Å². The molecule has 0 saturated carbocycles. The highest BCUT2D eigenvalue weighted by Crippen LogP contribution is 2.29. The van der Waals surface area contributed by atoms with Crippen LogP contribution in [0.2, 0.25) is 0 Å². The highest BCUT2D eigenvalue weighted by atomic mass is 32.2. The Kier molecular flexibility index (Phi) is 3.90. The average Bonchev–Trinajstić information content (AvgIpc) is 2.63. The molecule has 0 atom stereocenters. The molecule has 0 aromatic carbocycles. The summed E-state index contributed by atoms with van der Waals surface area (Å²) >= 11 is 3.08. The van der Waals surface area contributed by atoms with Crippen LogP contribution in [0, 0.1) is 13.8 Å². The van der Waals surface area contributed by atoms with E-state index in [-0.39, 0.29) is 0 Å². The van der Waals surface area contributed by atoms with Crippen molar-refractivity contribution in [1.29, 1.82) is 0 Å². The summed E-state index contributed by atoms with van der Waals surface area (Å²) in [4.78, 5) is 8.71. The fourth-order valence-electron chi connectivity index (χ4n) is 1.24. The second kappa shape index (κ2) is 5.42. The molecule has 0 unspecified atom stereocenters. The summed E-state index contributed by atoms with van der Waals surface area (Å²) in [7, 11) is 0. The lowest BCUT2D eigenvalue weighted by atomic mass is 10.5. The largest absolute Gasteiger partial charge is 0.354 e. The number of hydrogen-bond donors (Lipinski definition) is 1. The SMILES string of the molecule is CCNc1nc(C)cc(Sc2nnc(C)s2)n1. The maximum atomic E-state index is 4.41. The molecule has 17 heavy (non-hydrogen) atoms. The summed E-state index contributed by atoms with van der Waals surface area (Å²) in [6.45, 7) is 6.73. The van der Waals surface area contributed by atoms with Crippen LogP contribution in [-0.4, -0.2) is 26.7 Å². The first-order valence-electron chi connectivity index (χ1n) is 5.25. The van der Waals surface area contributed by atoms with Gasteiger partial charge in [-0.05, 0) is 38.6 Å². The van der Waals surface area contributed by atoms with E-state index in [0.29, 0.717) is 5.95 Å². The molecule has 0 radical (unpaired) electrons. The second-order valence-corrected chi connectivity index (χ2v) is 5.84. The first-order valence-corrected chi connectivity index (χ1v) is 6.88. The lowest BCUT2D eigenvalue weighted by Gasteiger charge is -2.04. The quantitative estimate of drug-likeness (QED) is 0.859. The molecule has 0 bridgehead atoms. The van der Waals surface area contributed by atoms with Crippen LogP contribution in [0.15, 0.2) is 15.4 Å². The number of rotatable bonds is 4. The minimum absolute atomic E-state index is 0.663. The van der Waals surface area contributed by atoms with Gasteiger partial charge in [0.25, 0.3) is 0 Å². The standard InChI is InChI=1S/C10H13N5S2/c1-4-11-9-12-6(2)5-8(13-9)17-10-15-14-7(3)16-10/h5H,4H2,1-3H3,(H,11,12,13). The van der Waals surface area contributed by atoms with Crippen molar-refractivity contribution in [1.82, 2.24) is 20.2 Å². The molecule has 0 spiro atoms. The predicted octanol–water partition coefficient (Wildman–Crippen LogP) is 2.53. The maximum absolute atomic E-state index is 4.41. The van der Waals surface area contributed by atoms with E-state index >= 15 is 0 Å². The Labute approximate surface area is 108 Å². The van der Waals surface area contributed by atoms with Crippen LogP contribution < -0.4 is 5.32 Å². The monoisotopic (exact) mass is 267 g/mol.